The number of aryl methyl sites for hydroxylation is 1. The van der Waals surface area contributed by atoms with Crippen LogP contribution in [0.4, 0.5) is 5.69 Å². The Morgan fingerprint density at radius 2 is 2.24 bits per heavy atom. The van der Waals surface area contributed by atoms with Crippen LogP contribution in [0.5, 0.6) is 0 Å². The van der Waals surface area contributed by atoms with Crippen LogP contribution in [0.3, 0.4) is 0 Å². The second-order valence-corrected chi connectivity index (χ2v) is 6.61. The van der Waals surface area contributed by atoms with Crippen LogP contribution in [0.25, 0.3) is 0 Å². The van der Waals surface area contributed by atoms with E-state index in [2.05, 4.69) is 37.4 Å². The molecule has 0 saturated heterocycles. The second kappa shape index (κ2) is 5.32. The van der Waals surface area contributed by atoms with Gasteiger partial charge >= 0.3 is 0 Å². The number of nitrogens with one attached hydrogen (secondary N) is 1. The minimum Gasteiger partial charge on any atom is -0.383 e. The lowest BCUT2D eigenvalue weighted by Crippen LogP contribution is -2.24. The van der Waals surface area contributed by atoms with Gasteiger partial charge in [-0.05, 0) is 42.5 Å². The van der Waals surface area contributed by atoms with Gasteiger partial charge in [0.15, 0.2) is 0 Å². The summed E-state index contributed by atoms with van der Waals surface area (Å²) in [5.74, 6) is 1.17. The van der Waals surface area contributed by atoms with E-state index in [0.717, 1.165) is 25.9 Å². The third-order valence-electron chi connectivity index (χ3n) is 3.36. The van der Waals surface area contributed by atoms with E-state index in [-0.39, 0.29) is 5.41 Å². The first-order valence-electron chi connectivity index (χ1n) is 6.30. The van der Waals surface area contributed by atoms with E-state index in [1.807, 2.05) is 11.8 Å². The number of nitrogens with two attached hydrogens (primary N) is 1. The fourth-order valence-corrected chi connectivity index (χ4v) is 2.80. The number of rotatable bonds is 4. The van der Waals surface area contributed by atoms with Crippen LogP contribution in [-0.4, -0.2) is 18.8 Å². The van der Waals surface area contributed by atoms with Gasteiger partial charge in [-0.25, -0.2) is 0 Å². The predicted molar refractivity (Wildman–Crippen MR) is 76.8 cm³/mol. The molecular weight excluding hydrogens is 228 g/mol. The first-order chi connectivity index (χ1) is 8.11. The summed E-state index contributed by atoms with van der Waals surface area (Å²) in [6, 6.07) is 6.80. The maximum atomic E-state index is 5.77. The Morgan fingerprint density at radius 1 is 1.41 bits per heavy atom. The Bertz CT molecular complexity index is 388. The summed E-state index contributed by atoms with van der Waals surface area (Å²) in [5.41, 5.74) is 8.74. The molecule has 0 radical (unpaired) electrons. The van der Waals surface area contributed by atoms with Gasteiger partial charge in [-0.15, -0.1) is 11.8 Å². The van der Waals surface area contributed by atoms with Crippen molar-refractivity contribution in [2.24, 2.45) is 11.1 Å². The molecule has 1 heterocycles. The standard InChI is InChI=1S/C14H22N2S/c1-14(2,10-15)6-5-11-3-4-13-12(9-11)16-7-8-17-13/h3-4,9,16H,5-8,10,15H2,1-2H3. The van der Waals surface area contributed by atoms with Gasteiger partial charge in [0.05, 0.1) is 0 Å². The molecule has 1 aromatic rings. The fourth-order valence-electron chi connectivity index (χ4n) is 1.93. The average Bonchev–Trinajstić information content (AvgIpc) is 2.36. The third-order valence-corrected chi connectivity index (χ3v) is 4.44. The van der Waals surface area contributed by atoms with E-state index in [9.17, 15) is 0 Å². The van der Waals surface area contributed by atoms with Crippen molar-refractivity contribution in [2.75, 3.05) is 24.2 Å². The lowest BCUT2D eigenvalue weighted by atomic mass is 9.86. The number of anilines is 1. The van der Waals surface area contributed by atoms with E-state index < -0.39 is 0 Å². The van der Waals surface area contributed by atoms with Gasteiger partial charge < -0.3 is 11.1 Å². The molecule has 1 aromatic carbocycles. The van der Waals surface area contributed by atoms with Crippen LogP contribution in [-0.2, 0) is 6.42 Å². The van der Waals surface area contributed by atoms with E-state index >= 15 is 0 Å². The number of thioether (sulfide) groups is 1. The smallest absolute Gasteiger partial charge is 0.0481 e. The minimum absolute atomic E-state index is 0.248. The SMILES string of the molecule is CC(C)(CN)CCc1ccc2c(c1)NCCS2. The topological polar surface area (TPSA) is 38.0 Å². The number of fused-ring (bicyclic) bond motifs is 1. The molecular formula is C14H22N2S. The Hall–Kier alpha value is -0.670. The van der Waals surface area contributed by atoms with Gasteiger partial charge in [-0.2, -0.15) is 0 Å². The highest BCUT2D eigenvalue weighted by atomic mass is 32.2. The summed E-state index contributed by atoms with van der Waals surface area (Å²) in [5, 5.41) is 3.47. The van der Waals surface area contributed by atoms with E-state index in [4.69, 9.17) is 5.73 Å². The summed E-state index contributed by atoms with van der Waals surface area (Å²) in [4.78, 5) is 1.39. The molecule has 0 unspecified atom stereocenters. The van der Waals surface area contributed by atoms with E-state index in [1.54, 1.807) is 0 Å². The Balaban J connectivity index is 2.02. The van der Waals surface area contributed by atoms with Crippen LogP contribution in [0.1, 0.15) is 25.8 Å². The molecule has 1 aliphatic rings. The maximum absolute atomic E-state index is 5.77. The van der Waals surface area contributed by atoms with Crippen molar-refractivity contribution in [3.05, 3.63) is 23.8 Å². The molecule has 2 rings (SSSR count). The van der Waals surface area contributed by atoms with Crippen molar-refractivity contribution in [1.29, 1.82) is 0 Å². The van der Waals surface area contributed by atoms with E-state index in [1.165, 1.54) is 21.9 Å². The first kappa shape index (κ1) is 12.8. The summed E-state index contributed by atoms with van der Waals surface area (Å²) >= 11 is 1.94. The van der Waals surface area contributed by atoms with Crippen LogP contribution >= 0.6 is 11.8 Å². The lowest BCUT2D eigenvalue weighted by molar-refractivity contribution is 0.348. The molecule has 0 spiro atoms. The van der Waals surface area contributed by atoms with Crippen molar-refractivity contribution in [1.82, 2.24) is 0 Å². The summed E-state index contributed by atoms with van der Waals surface area (Å²) in [7, 11) is 0. The van der Waals surface area contributed by atoms with Crippen molar-refractivity contribution in [2.45, 2.75) is 31.6 Å². The quantitative estimate of drug-likeness (QED) is 0.862. The first-order valence-corrected chi connectivity index (χ1v) is 7.29. The van der Waals surface area contributed by atoms with Gasteiger partial charge in [0.25, 0.3) is 0 Å². The Labute approximate surface area is 108 Å². The predicted octanol–water partition coefficient (Wildman–Crippen LogP) is 3.12. The molecule has 0 atom stereocenters. The summed E-state index contributed by atoms with van der Waals surface area (Å²) < 4.78 is 0. The zero-order valence-corrected chi connectivity index (χ0v) is 11.6. The highest BCUT2D eigenvalue weighted by Crippen LogP contribution is 2.32. The van der Waals surface area contributed by atoms with Crippen LogP contribution < -0.4 is 11.1 Å². The number of benzene rings is 1. The molecule has 94 valence electrons. The monoisotopic (exact) mass is 250 g/mol. The van der Waals surface area contributed by atoms with Crippen molar-refractivity contribution in [3.8, 4) is 0 Å². The second-order valence-electron chi connectivity index (χ2n) is 5.47. The van der Waals surface area contributed by atoms with Gasteiger partial charge in [0, 0.05) is 22.9 Å². The van der Waals surface area contributed by atoms with Crippen molar-refractivity contribution < 1.29 is 0 Å². The van der Waals surface area contributed by atoms with Crippen molar-refractivity contribution in [3.63, 3.8) is 0 Å². The molecule has 0 aromatic heterocycles. The Morgan fingerprint density at radius 3 is 3.00 bits per heavy atom. The molecule has 0 aliphatic carbocycles. The van der Waals surface area contributed by atoms with Crippen LogP contribution in [0.15, 0.2) is 23.1 Å². The van der Waals surface area contributed by atoms with Gasteiger partial charge in [0.1, 0.15) is 0 Å². The molecule has 1 aliphatic heterocycles. The number of hydrogen-bond acceptors (Lipinski definition) is 3. The van der Waals surface area contributed by atoms with Gasteiger partial charge in [-0.1, -0.05) is 19.9 Å². The summed E-state index contributed by atoms with van der Waals surface area (Å²) in [6.07, 6.45) is 2.26. The molecule has 3 N–H and O–H groups in total. The van der Waals surface area contributed by atoms with Crippen LogP contribution in [0, 0.1) is 5.41 Å². The average molecular weight is 250 g/mol. The molecule has 0 amide bonds. The van der Waals surface area contributed by atoms with Crippen molar-refractivity contribution >= 4 is 17.4 Å². The van der Waals surface area contributed by atoms with Gasteiger partial charge in [0.2, 0.25) is 0 Å². The largest absolute Gasteiger partial charge is 0.383 e. The molecule has 3 heteroatoms. The van der Waals surface area contributed by atoms with Crippen LogP contribution in [0.2, 0.25) is 0 Å². The zero-order valence-electron chi connectivity index (χ0n) is 10.8. The van der Waals surface area contributed by atoms with Gasteiger partial charge in [-0.3, -0.25) is 0 Å². The molecule has 0 bridgehead atoms. The maximum Gasteiger partial charge on any atom is 0.0481 e. The lowest BCUT2D eigenvalue weighted by Gasteiger charge is -2.23. The molecule has 0 fully saturated rings. The molecule has 17 heavy (non-hydrogen) atoms. The highest BCUT2D eigenvalue weighted by molar-refractivity contribution is 7.99. The normalized spacial score (nSPS) is 15.2. The Kier molecular flexibility index (Phi) is 4.00. The molecule has 2 nitrogen and oxygen atoms in total. The number of hydrogen-bond donors (Lipinski definition) is 2. The minimum atomic E-state index is 0.248. The summed E-state index contributed by atoms with van der Waals surface area (Å²) in [6.45, 7) is 6.31. The molecule has 0 saturated carbocycles. The fraction of sp³-hybridized carbons (Fsp3) is 0.571. The third kappa shape index (κ3) is 3.39. The highest BCUT2D eigenvalue weighted by Gasteiger charge is 2.16. The van der Waals surface area contributed by atoms with E-state index in [0.29, 0.717) is 0 Å². The zero-order chi connectivity index (χ0) is 12.3.